The van der Waals surface area contributed by atoms with Crippen LogP contribution in [0.2, 0.25) is 0 Å². The molecule has 17 heavy (non-hydrogen) atoms. The van der Waals surface area contributed by atoms with Gasteiger partial charge in [-0.15, -0.1) is 6.58 Å². The highest BCUT2D eigenvalue weighted by molar-refractivity contribution is 5.44. The van der Waals surface area contributed by atoms with Crippen molar-refractivity contribution in [3.05, 3.63) is 36.4 Å². The van der Waals surface area contributed by atoms with Gasteiger partial charge in [-0.3, -0.25) is 5.32 Å². The first-order valence-electron chi connectivity index (χ1n) is 5.22. The minimum absolute atomic E-state index is 0.382. The summed E-state index contributed by atoms with van der Waals surface area (Å²) < 4.78 is 10.3. The molecule has 1 unspecified atom stereocenters. The maximum Gasteiger partial charge on any atom is 0.161 e. The normalized spacial score (nSPS) is 11.4. The van der Waals surface area contributed by atoms with E-state index in [-0.39, 0.29) is 6.04 Å². The number of ether oxygens (including phenoxy) is 2. The molecule has 0 aliphatic carbocycles. The van der Waals surface area contributed by atoms with Crippen LogP contribution in [0.15, 0.2) is 30.9 Å². The number of hydrogen-bond donors (Lipinski definition) is 1. The molecule has 0 fully saturated rings. The molecular weight excluding hydrogens is 216 g/mol. The van der Waals surface area contributed by atoms with Crippen molar-refractivity contribution in [3.63, 3.8) is 0 Å². The lowest BCUT2D eigenvalue weighted by atomic mass is 10.1. The quantitative estimate of drug-likeness (QED) is 0.763. The molecule has 0 aliphatic rings. The third kappa shape index (κ3) is 3.23. The number of hydrogen-bond acceptors (Lipinski definition) is 4. The Balaban J connectivity index is 2.97. The molecule has 0 bridgehead atoms. The summed E-state index contributed by atoms with van der Waals surface area (Å²) in [6, 6.07) is 7.22. The fraction of sp³-hybridized carbons (Fsp3) is 0.308. The van der Waals surface area contributed by atoms with E-state index in [1.54, 1.807) is 32.4 Å². The zero-order valence-corrected chi connectivity index (χ0v) is 10.1. The SMILES string of the molecule is C=CCNC(C#N)c1ccc(OC)c(OC)c1. The molecule has 4 heteroatoms. The van der Waals surface area contributed by atoms with Gasteiger partial charge in [0.2, 0.25) is 0 Å². The Bertz CT molecular complexity index is 424. The summed E-state index contributed by atoms with van der Waals surface area (Å²) in [5, 5.41) is 12.1. The van der Waals surface area contributed by atoms with Crippen molar-refractivity contribution < 1.29 is 9.47 Å². The van der Waals surface area contributed by atoms with Crippen molar-refractivity contribution in [2.24, 2.45) is 0 Å². The van der Waals surface area contributed by atoms with Crippen LogP contribution < -0.4 is 14.8 Å². The maximum atomic E-state index is 9.08. The summed E-state index contributed by atoms with van der Waals surface area (Å²) in [6.07, 6.45) is 1.71. The van der Waals surface area contributed by atoms with E-state index in [4.69, 9.17) is 14.7 Å². The highest BCUT2D eigenvalue weighted by Gasteiger charge is 2.12. The molecule has 0 heterocycles. The highest BCUT2D eigenvalue weighted by atomic mass is 16.5. The van der Waals surface area contributed by atoms with Gasteiger partial charge in [0.05, 0.1) is 20.3 Å². The molecular formula is C13H16N2O2. The van der Waals surface area contributed by atoms with Gasteiger partial charge in [-0.2, -0.15) is 5.26 Å². The van der Waals surface area contributed by atoms with Crippen LogP contribution in [0.1, 0.15) is 11.6 Å². The topological polar surface area (TPSA) is 54.3 Å². The Labute approximate surface area is 101 Å². The van der Waals surface area contributed by atoms with Crippen molar-refractivity contribution in [1.29, 1.82) is 5.26 Å². The molecule has 0 aromatic heterocycles. The first-order valence-corrected chi connectivity index (χ1v) is 5.22. The number of rotatable bonds is 6. The summed E-state index contributed by atoms with van der Waals surface area (Å²) >= 11 is 0. The molecule has 0 saturated heterocycles. The lowest BCUT2D eigenvalue weighted by Crippen LogP contribution is -2.19. The van der Waals surface area contributed by atoms with Gasteiger partial charge in [-0.1, -0.05) is 12.1 Å². The number of methoxy groups -OCH3 is 2. The molecule has 0 saturated carbocycles. The molecule has 1 N–H and O–H groups in total. The molecule has 4 nitrogen and oxygen atoms in total. The molecule has 90 valence electrons. The second kappa shape index (κ2) is 6.56. The van der Waals surface area contributed by atoms with E-state index >= 15 is 0 Å². The van der Waals surface area contributed by atoms with Gasteiger partial charge >= 0.3 is 0 Å². The fourth-order valence-electron chi connectivity index (χ4n) is 1.47. The van der Waals surface area contributed by atoms with E-state index in [9.17, 15) is 0 Å². The summed E-state index contributed by atoms with van der Waals surface area (Å²) in [5.41, 5.74) is 0.840. The lowest BCUT2D eigenvalue weighted by Gasteiger charge is -2.13. The highest BCUT2D eigenvalue weighted by Crippen LogP contribution is 2.29. The van der Waals surface area contributed by atoms with E-state index in [0.717, 1.165) is 5.56 Å². The molecule has 1 aromatic carbocycles. The Morgan fingerprint density at radius 1 is 1.41 bits per heavy atom. The zero-order chi connectivity index (χ0) is 12.7. The number of nitriles is 1. The number of nitrogens with one attached hydrogen (secondary N) is 1. The largest absolute Gasteiger partial charge is 0.493 e. The second-order valence-corrected chi connectivity index (χ2v) is 3.37. The van der Waals surface area contributed by atoms with E-state index in [0.29, 0.717) is 18.0 Å². The van der Waals surface area contributed by atoms with Gasteiger partial charge in [-0.25, -0.2) is 0 Å². The maximum absolute atomic E-state index is 9.08. The third-order valence-corrected chi connectivity index (χ3v) is 2.34. The molecule has 0 radical (unpaired) electrons. The minimum atomic E-state index is -0.382. The van der Waals surface area contributed by atoms with Gasteiger partial charge in [0, 0.05) is 6.54 Å². The van der Waals surface area contributed by atoms with Gasteiger partial charge in [-0.05, 0) is 17.7 Å². The van der Waals surface area contributed by atoms with Crippen LogP contribution in [-0.4, -0.2) is 20.8 Å². The predicted octanol–water partition coefficient (Wildman–Crippen LogP) is 2.04. The summed E-state index contributed by atoms with van der Waals surface area (Å²) in [5.74, 6) is 1.27. The number of nitrogens with zero attached hydrogens (tertiary/aromatic N) is 1. The smallest absolute Gasteiger partial charge is 0.161 e. The predicted molar refractivity (Wildman–Crippen MR) is 66.1 cm³/mol. The van der Waals surface area contributed by atoms with Crippen LogP contribution >= 0.6 is 0 Å². The second-order valence-electron chi connectivity index (χ2n) is 3.37. The van der Waals surface area contributed by atoms with Crippen LogP contribution in [-0.2, 0) is 0 Å². The van der Waals surface area contributed by atoms with Crippen LogP contribution in [0.25, 0.3) is 0 Å². The van der Waals surface area contributed by atoms with Crippen molar-refractivity contribution in [3.8, 4) is 17.6 Å². The lowest BCUT2D eigenvalue weighted by molar-refractivity contribution is 0.354. The molecule has 1 atom stereocenters. The van der Waals surface area contributed by atoms with Crippen molar-refractivity contribution in [1.82, 2.24) is 5.32 Å². The first kappa shape index (κ1) is 13.1. The van der Waals surface area contributed by atoms with Gasteiger partial charge in [0.25, 0.3) is 0 Å². The van der Waals surface area contributed by atoms with Gasteiger partial charge in [0.1, 0.15) is 6.04 Å². The summed E-state index contributed by atoms with van der Waals surface area (Å²) in [6.45, 7) is 4.18. The average molecular weight is 232 g/mol. The molecule has 0 spiro atoms. The van der Waals surface area contributed by atoms with Crippen LogP contribution in [0.4, 0.5) is 0 Å². The van der Waals surface area contributed by atoms with Gasteiger partial charge < -0.3 is 9.47 Å². The molecule has 1 rings (SSSR count). The fourth-order valence-corrected chi connectivity index (χ4v) is 1.47. The zero-order valence-electron chi connectivity index (χ0n) is 10.1. The Hall–Kier alpha value is -1.99. The van der Waals surface area contributed by atoms with Gasteiger partial charge in [0.15, 0.2) is 11.5 Å². The van der Waals surface area contributed by atoms with E-state index in [2.05, 4.69) is 18.0 Å². The summed E-state index contributed by atoms with van der Waals surface area (Å²) in [4.78, 5) is 0. The van der Waals surface area contributed by atoms with Crippen LogP contribution in [0.3, 0.4) is 0 Å². The number of benzene rings is 1. The Morgan fingerprint density at radius 2 is 2.12 bits per heavy atom. The van der Waals surface area contributed by atoms with Crippen molar-refractivity contribution >= 4 is 0 Å². The molecule has 0 amide bonds. The molecule has 1 aromatic rings. The van der Waals surface area contributed by atoms with E-state index in [1.165, 1.54) is 0 Å². The molecule has 0 aliphatic heterocycles. The van der Waals surface area contributed by atoms with Crippen molar-refractivity contribution in [2.75, 3.05) is 20.8 Å². The summed E-state index contributed by atoms with van der Waals surface area (Å²) in [7, 11) is 3.15. The standard InChI is InChI=1S/C13H16N2O2/c1-4-7-15-11(9-14)10-5-6-12(16-2)13(8-10)17-3/h4-6,8,11,15H,1,7H2,2-3H3. The first-order chi connectivity index (χ1) is 8.26. The van der Waals surface area contributed by atoms with E-state index in [1.807, 2.05) is 6.07 Å². The van der Waals surface area contributed by atoms with Crippen LogP contribution in [0.5, 0.6) is 11.5 Å². The average Bonchev–Trinajstić information content (AvgIpc) is 2.39. The van der Waals surface area contributed by atoms with Crippen LogP contribution in [0, 0.1) is 11.3 Å². The minimum Gasteiger partial charge on any atom is -0.493 e. The third-order valence-electron chi connectivity index (χ3n) is 2.34. The van der Waals surface area contributed by atoms with E-state index < -0.39 is 0 Å². The van der Waals surface area contributed by atoms with Crippen molar-refractivity contribution in [2.45, 2.75) is 6.04 Å². The Kier molecular flexibility index (Phi) is 5.05. The monoisotopic (exact) mass is 232 g/mol. The Morgan fingerprint density at radius 3 is 2.65 bits per heavy atom.